The van der Waals surface area contributed by atoms with Crippen molar-refractivity contribution >= 4 is 5.91 Å². The molecule has 1 fully saturated rings. The van der Waals surface area contributed by atoms with Crippen LogP contribution < -0.4 is 10.6 Å². The van der Waals surface area contributed by atoms with E-state index in [4.69, 9.17) is 4.74 Å². The third kappa shape index (κ3) is 4.45. The minimum atomic E-state index is -4.42. The summed E-state index contributed by atoms with van der Waals surface area (Å²) in [5.41, 5.74) is -0.734. The summed E-state index contributed by atoms with van der Waals surface area (Å²) in [6.07, 6.45) is -4.42. The molecule has 1 aromatic rings. The van der Waals surface area contributed by atoms with Crippen molar-refractivity contribution in [3.63, 3.8) is 0 Å². The van der Waals surface area contributed by atoms with Gasteiger partial charge in [0, 0.05) is 6.54 Å². The van der Waals surface area contributed by atoms with Gasteiger partial charge in [-0.3, -0.25) is 4.79 Å². The number of carbonyl (C=O) groups is 1. The second-order valence-electron chi connectivity index (χ2n) is 6.28. The van der Waals surface area contributed by atoms with E-state index in [1.165, 1.54) is 0 Å². The molecule has 2 N–H and O–H groups in total. The molecule has 2 rings (SSSR count). The fourth-order valence-electron chi connectivity index (χ4n) is 2.51. The molecule has 23 heavy (non-hydrogen) atoms. The number of aryl methyl sites for hydroxylation is 1. The Labute approximate surface area is 133 Å². The summed E-state index contributed by atoms with van der Waals surface area (Å²) in [7, 11) is 0. The number of alkyl halides is 3. The molecule has 0 aliphatic carbocycles. The highest BCUT2D eigenvalue weighted by Gasteiger charge is 2.34. The third-order valence-electron chi connectivity index (χ3n) is 3.80. The van der Waals surface area contributed by atoms with Gasteiger partial charge < -0.3 is 15.4 Å². The highest BCUT2D eigenvalue weighted by atomic mass is 19.4. The van der Waals surface area contributed by atoms with Crippen molar-refractivity contribution in [2.45, 2.75) is 38.5 Å². The quantitative estimate of drug-likeness (QED) is 0.894. The highest BCUT2D eigenvalue weighted by Crippen LogP contribution is 2.33. The topological polar surface area (TPSA) is 50.4 Å². The lowest BCUT2D eigenvalue weighted by Gasteiger charge is -2.31. The van der Waals surface area contributed by atoms with Gasteiger partial charge in [-0.2, -0.15) is 13.2 Å². The van der Waals surface area contributed by atoms with Crippen LogP contribution in [-0.4, -0.2) is 31.7 Å². The molecule has 1 heterocycles. The molecule has 0 bridgehead atoms. The van der Waals surface area contributed by atoms with Crippen molar-refractivity contribution in [2.75, 3.05) is 19.8 Å². The molecule has 128 valence electrons. The van der Waals surface area contributed by atoms with E-state index in [-0.39, 0.29) is 12.5 Å². The minimum Gasteiger partial charge on any atom is -0.378 e. The van der Waals surface area contributed by atoms with Crippen LogP contribution in [0, 0.1) is 6.92 Å². The van der Waals surface area contributed by atoms with E-state index in [0.29, 0.717) is 24.3 Å². The smallest absolute Gasteiger partial charge is 0.378 e. The number of ether oxygens (including phenoxy) is 1. The van der Waals surface area contributed by atoms with Gasteiger partial charge in [0.25, 0.3) is 0 Å². The molecule has 0 spiro atoms. The summed E-state index contributed by atoms with van der Waals surface area (Å²) in [5, 5.41) is 5.82. The number of benzene rings is 1. The van der Waals surface area contributed by atoms with Gasteiger partial charge in [-0.25, -0.2) is 0 Å². The average Bonchev–Trinajstić information content (AvgIpc) is 2.46. The maximum absolute atomic E-state index is 13.0. The Morgan fingerprint density at radius 2 is 1.91 bits per heavy atom. The summed E-state index contributed by atoms with van der Waals surface area (Å²) >= 11 is 0. The second kappa shape index (κ2) is 6.49. The Kier molecular flexibility index (Phi) is 5.01. The molecule has 7 heteroatoms. The zero-order valence-corrected chi connectivity index (χ0v) is 13.4. The SMILES string of the molecule is Cc1cc(C(F)(F)F)cc(C(C)(C)NC(=O)C2COCCN2)c1. The van der Waals surface area contributed by atoms with Gasteiger partial charge >= 0.3 is 6.18 Å². The highest BCUT2D eigenvalue weighted by molar-refractivity contribution is 5.82. The Hall–Kier alpha value is -1.60. The molecular weight excluding hydrogens is 309 g/mol. The second-order valence-corrected chi connectivity index (χ2v) is 6.28. The molecule has 1 amide bonds. The van der Waals surface area contributed by atoms with E-state index in [0.717, 1.165) is 12.1 Å². The number of nitrogens with one attached hydrogen (secondary N) is 2. The van der Waals surface area contributed by atoms with Gasteiger partial charge in [-0.15, -0.1) is 0 Å². The molecule has 1 aliphatic rings. The van der Waals surface area contributed by atoms with Crippen LogP contribution in [0.1, 0.15) is 30.5 Å². The standard InChI is InChI=1S/C16H21F3N2O2/c1-10-6-11(8-12(7-10)16(17,18)19)15(2,3)21-14(22)13-9-23-5-4-20-13/h6-8,13,20H,4-5,9H2,1-3H3,(H,21,22). The molecule has 4 nitrogen and oxygen atoms in total. The Morgan fingerprint density at radius 3 is 2.48 bits per heavy atom. The molecule has 0 radical (unpaired) electrons. The molecule has 1 unspecified atom stereocenters. The normalized spacial score (nSPS) is 19.5. The van der Waals surface area contributed by atoms with E-state index < -0.39 is 23.3 Å². The fraction of sp³-hybridized carbons (Fsp3) is 0.562. The Morgan fingerprint density at radius 1 is 1.26 bits per heavy atom. The van der Waals surface area contributed by atoms with Crippen LogP contribution in [0.25, 0.3) is 0 Å². The van der Waals surface area contributed by atoms with E-state index in [1.54, 1.807) is 26.8 Å². The fourth-order valence-corrected chi connectivity index (χ4v) is 2.51. The Balaban J connectivity index is 2.21. The van der Waals surface area contributed by atoms with Crippen LogP contribution in [0.15, 0.2) is 18.2 Å². The predicted octanol–water partition coefficient (Wildman–Crippen LogP) is 2.35. The summed E-state index contributed by atoms with van der Waals surface area (Å²) in [6, 6.07) is 3.34. The van der Waals surface area contributed by atoms with Crippen molar-refractivity contribution in [2.24, 2.45) is 0 Å². The summed E-state index contributed by atoms with van der Waals surface area (Å²) in [5.74, 6) is -0.287. The number of carbonyl (C=O) groups excluding carboxylic acids is 1. The molecule has 0 aromatic heterocycles. The first-order valence-electron chi connectivity index (χ1n) is 7.42. The number of hydrogen-bond acceptors (Lipinski definition) is 3. The number of halogens is 3. The van der Waals surface area contributed by atoms with Crippen LogP contribution in [0.4, 0.5) is 13.2 Å². The zero-order chi connectivity index (χ0) is 17.3. The lowest BCUT2D eigenvalue weighted by molar-refractivity contribution is -0.137. The molecular formula is C16H21F3N2O2. The Bertz CT molecular complexity index is 579. The summed E-state index contributed by atoms with van der Waals surface area (Å²) < 4.78 is 44.2. The van der Waals surface area contributed by atoms with Crippen molar-refractivity contribution in [3.8, 4) is 0 Å². The van der Waals surface area contributed by atoms with Gasteiger partial charge in [-0.05, 0) is 38.5 Å². The van der Waals surface area contributed by atoms with Crippen LogP contribution >= 0.6 is 0 Å². The van der Waals surface area contributed by atoms with Gasteiger partial charge in [0.1, 0.15) is 6.04 Å². The van der Waals surface area contributed by atoms with E-state index >= 15 is 0 Å². The largest absolute Gasteiger partial charge is 0.416 e. The number of amides is 1. The molecule has 1 saturated heterocycles. The third-order valence-corrected chi connectivity index (χ3v) is 3.80. The lowest BCUT2D eigenvalue weighted by Crippen LogP contribution is -2.55. The summed E-state index contributed by atoms with van der Waals surface area (Å²) in [4.78, 5) is 12.3. The average molecular weight is 330 g/mol. The van der Waals surface area contributed by atoms with Crippen LogP contribution in [-0.2, 0) is 21.2 Å². The van der Waals surface area contributed by atoms with E-state index in [1.807, 2.05) is 0 Å². The zero-order valence-electron chi connectivity index (χ0n) is 13.4. The molecule has 1 atom stereocenters. The number of rotatable bonds is 3. The first kappa shape index (κ1) is 17.7. The lowest BCUT2D eigenvalue weighted by atomic mass is 9.90. The van der Waals surface area contributed by atoms with Gasteiger partial charge in [0.05, 0.1) is 24.3 Å². The van der Waals surface area contributed by atoms with E-state index in [9.17, 15) is 18.0 Å². The first-order chi connectivity index (χ1) is 10.6. The van der Waals surface area contributed by atoms with Crippen molar-refractivity contribution < 1.29 is 22.7 Å². The summed E-state index contributed by atoms with van der Waals surface area (Å²) in [6.45, 7) is 6.34. The first-order valence-corrected chi connectivity index (χ1v) is 7.42. The minimum absolute atomic E-state index is 0.254. The molecule has 1 aliphatic heterocycles. The van der Waals surface area contributed by atoms with Crippen molar-refractivity contribution in [3.05, 3.63) is 34.9 Å². The molecule has 1 aromatic carbocycles. The van der Waals surface area contributed by atoms with Gasteiger partial charge in [-0.1, -0.05) is 11.6 Å². The maximum Gasteiger partial charge on any atom is 0.416 e. The predicted molar refractivity (Wildman–Crippen MR) is 80.0 cm³/mol. The van der Waals surface area contributed by atoms with Crippen LogP contribution in [0.2, 0.25) is 0 Å². The van der Waals surface area contributed by atoms with Gasteiger partial charge in [0.2, 0.25) is 5.91 Å². The van der Waals surface area contributed by atoms with Crippen molar-refractivity contribution in [1.29, 1.82) is 0 Å². The van der Waals surface area contributed by atoms with Crippen LogP contribution in [0.3, 0.4) is 0 Å². The van der Waals surface area contributed by atoms with Crippen molar-refractivity contribution in [1.82, 2.24) is 10.6 Å². The van der Waals surface area contributed by atoms with Gasteiger partial charge in [0.15, 0.2) is 0 Å². The molecule has 0 saturated carbocycles. The van der Waals surface area contributed by atoms with E-state index in [2.05, 4.69) is 10.6 Å². The maximum atomic E-state index is 13.0. The van der Waals surface area contributed by atoms with Crippen LogP contribution in [0.5, 0.6) is 0 Å². The monoisotopic (exact) mass is 330 g/mol. The number of morpholine rings is 1. The number of hydrogen-bond donors (Lipinski definition) is 2.